The van der Waals surface area contributed by atoms with E-state index in [9.17, 15) is 14.4 Å². The van der Waals surface area contributed by atoms with E-state index in [2.05, 4.69) is 18.7 Å². The van der Waals surface area contributed by atoms with E-state index in [0.29, 0.717) is 24.3 Å². The molecular formula is C30H53NO4. The van der Waals surface area contributed by atoms with Crippen LogP contribution in [0.4, 0.5) is 5.69 Å². The minimum atomic E-state index is -0.313. The molecule has 5 nitrogen and oxygen atoms in total. The molecule has 0 N–H and O–H groups in total. The number of rotatable bonds is 24. The Morgan fingerprint density at radius 3 is 1.60 bits per heavy atom. The topological polar surface area (TPSA) is 63.7 Å². The number of nitrogens with zero attached hydrogens (tertiary/aromatic N) is 1. The van der Waals surface area contributed by atoms with Crippen molar-refractivity contribution in [2.75, 3.05) is 24.6 Å². The Morgan fingerprint density at radius 1 is 0.629 bits per heavy atom. The normalized spacial score (nSPS) is 11.3. The lowest BCUT2D eigenvalue weighted by molar-refractivity contribution is -0.143. The van der Waals surface area contributed by atoms with Crippen molar-refractivity contribution in [1.82, 2.24) is 0 Å². The maximum atomic E-state index is 12.1. The predicted octanol–water partition coefficient (Wildman–Crippen LogP) is 7.39. The molecule has 0 fully saturated rings. The van der Waals surface area contributed by atoms with Gasteiger partial charge in [-0.05, 0) is 32.6 Å². The Labute approximate surface area is 214 Å². The van der Waals surface area contributed by atoms with Crippen LogP contribution in [0, 0.1) is 6.92 Å². The summed E-state index contributed by atoms with van der Waals surface area (Å²) in [6, 6.07) is 0. The van der Waals surface area contributed by atoms with Gasteiger partial charge in [-0.15, -0.1) is 0 Å². The van der Waals surface area contributed by atoms with Gasteiger partial charge in [0.25, 0.3) is 0 Å². The van der Waals surface area contributed by atoms with Crippen LogP contribution >= 0.6 is 0 Å². The number of hydrogen-bond donors (Lipinski definition) is 0. The quantitative estimate of drug-likeness (QED) is 0.0856. The van der Waals surface area contributed by atoms with Crippen molar-refractivity contribution in [3.63, 3.8) is 0 Å². The van der Waals surface area contributed by atoms with Gasteiger partial charge >= 0.3 is 5.97 Å². The van der Waals surface area contributed by atoms with Crippen molar-refractivity contribution in [1.29, 1.82) is 0 Å². The highest BCUT2D eigenvalue weighted by Gasteiger charge is 2.22. The second-order valence-corrected chi connectivity index (χ2v) is 10.2. The zero-order valence-corrected chi connectivity index (χ0v) is 23.1. The predicted molar refractivity (Wildman–Crippen MR) is 148 cm³/mol. The fraction of sp³-hybridized carbons (Fsp3) is 0.833. The molecule has 0 aromatic heterocycles. The van der Waals surface area contributed by atoms with E-state index in [-0.39, 0.29) is 16.8 Å². The summed E-state index contributed by atoms with van der Waals surface area (Å²) in [5.41, 5.74) is 0.679. The van der Waals surface area contributed by atoms with E-state index in [4.69, 9.17) is 4.74 Å². The third-order valence-corrected chi connectivity index (χ3v) is 7.03. The average Bonchev–Trinajstić information content (AvgIpc) is 2.86. The summed E-state index contributed by atoms with van der Waals surface area (Å²) in [5.74, 6) is -0.0586. The minimum Gasteiger partial charge on any atom is -0.466 e. The molecule has 0 unspecified atom stereocenters. The number of hydrogen-bond acceptors (Lipinski definition) is 5. The Hall–Kier alpha value is -1.65. The zero-order valence-electron chi connectivity index (χ0n) is 23.1. The van der Waals surface area contributed by atoms with Crippen LogP contribution in [-0.4, -0.2) is 25.7 Å². The second kappa shape index (κ2) is 20.5. The van der Waals surface area contributed by atoms with Gasteiger partial charge < -0.3 is 9.64 Å². The summed E-state index contributed by atoms with van der Waals surface area (Å²) < 4.78 is 5.36. The summed E-state index contributed by atoms with van der Waals surface area (Å²) in [6.45, 7) is 8.49. The molecule has 202 valence electrons. The summed E-state index contributed by atoms with van der Waals surface area (Å²) >= 11 is 0. The van der Waals surface area contributed by atoms with Gasteiger partial charge in [0.15, 0.2) is 0 Å². The lowest BCUT2D eigenvalue weighted by Gasteiger charge is -2.27. The van der Waals surface area contributed by atoms with Gasteiger partial charge in [0.2, 0.25) is 10.9 Å². The maximum absolute atomic E-state index is 12.1. The zero-order chi connectivity index (χ0) is 25.7. The van der Waals surface area contributed by atoms with Crippen LogP contribution in [-0.2, 0) is 9.53 Å². The van der Waals surface area contributed by atoms with E-state index < -0.39 is 0 Å². The molecule has 0 heterocycles. The van der Waals surface area contributed by atoms with Crippen LogP contribution in [0.3, 0.4) is 0 Å². The molecule has 1 aromatic rings. The van der Waals surface area contributed by atoms with Crippen molar-refractivity contribution in [2.45, 2.75) is 143 Å². The molecule has 0 aliphatic heterocycles. The molecule has 0 amide bonds. The molecule has 0 aliphatic carbocycles. The third kappa shape index (κ3) is 13.9. The maximum Gasteiger partial charge on any atom is 0.305 e. The van der Waals surface area contributed by atoms with Crippen molar-refractivity contribution in [3.8, 4) is 0 Å². The monoisotopic (exact) mass is 491 g/mol. The molecule has 0 aliphatic rings. The Morgan fingerprint density at radius 2 is 1.09 bits per heavy atom. The number of carbonyl (C=O) groups is 1. The van der Waals surface area contributed by atoms with Gasteiger partial charge in [-0.1, -0.05) is 104 Å². The van der Waals surface area contributed by atoms with E-state index >= 15 is 0 Å². The highest BCUT2D eigenvalue weighted by Crippen LogP contribution is 2.17. The number of anilines is 1. The lowest BCUT2D eigenvalue weighted by atomic mass is 10.1. The number of ether oxygens (including phenoxy) is 1. The first-order chi connectivity index (χ1) is 17.0. The van der Waals surface area contributed by atoms with Gasteiger partial charge in [0.05, 0.1) is 12.3 Å². The average molecular weight is 492 g/mol. The first-order valence-corrected chi connectivity index (χ1v) is 14.7. The smallest absolute Gasteiger partial charge is 0.305 e. The molecule has 0 saturated heterocycles. The fourth-order valence-corrected chi connectivity index (χ4v) is 4.71. The molecule has 0 saturated carbocycles. The van der Waals surface area contributed by atoms with Gasteiger partial charge in [-0.3, -0.25) is 14.4 Å². The lowest BCUT2D eigenvalue weighted by Crippen LogP contribution is -2.43. The largest absolute Gasteiger partial charge is 0.466 e. The van der Waals surface area contributed by atoms with Crippen LogP contribution in [0.25, 0.3) is 0 Å². The van der Waals surface area contributed by atoms with Crippen LogP contribution < -0.4 is 15.8 Å². The number of carbonyl (C=O) groups excluding carboxylic acids is 1. The molecular weight excluding hydrogens is 438 g/mol. The van der Waals surface area contributed by atoms with E-state index in [0.717, 1.165) is 64.5 Å². The summed E-state index contributed by atoms with van der Waals surface area (Å²) in [7, 11) is 0. The third-order valence-electron chi connectivity index (χ3n) is 7.03. The molecule has 1 rings (SSSR count). The Kier molecular flexibility index (Phi) is 18.4. The molecule has 35 heavy (non-hydrogen) atoms. The van der Waals surface area contributed by atoms with E-state index in [1.807, 2.05) is 0 Å². The van der Waals surface area contributed by atoms with Gasteiger partial charge in [0.1, 0.15) is 0 Å². The van der Waals surface area contributed by atoms with Gasteiger partial charge in [-0.25, -0.2) is 0 Å². The summed E-state index contributed by atoms with van der Waals surface area (Å²) in [6.07, 6.45) is 21.5. The fourth-order valence-electron chi connectivity index (χ4n) is 4.71. The number of esters is 1. The second-order valence-electron chi connectivity index (χ2n) is 10.2. The number of unbranched alkanes of at least 4 members (excludes halogenated alkanes) is 15. The summed E-state index contributed by atoms with van der Waals surface area (Å²) in [4.78, 5) is 37.8. The van der Waals surface area contributed by atoms with E-state index in [1.54, 1.807) is 6.92 Å². The Bertz CT molecular complexity index is 735. The molecule has 0 spiro atoms. The van der Waals surface area contributed by atoms with Crippen LogP contribution in [0.1, 0.15) is 141 Å². The van der Waals surface area contributed by atoms with Gasteiger partial charge in [-0.2, -0.15) is 0 Å². The van der Waals surface area contributed by atoms with Crippen LogP contribution in [0.15, 0.2) is 9.59 Å². The van der Waals surface area contributed by atoms with Crippen molar-refractivity contribution in [2.24, 2.45) is 0 Å². The molecule has 0 bridgehead atoms. The van der Waals surface area contributed by atoms with Crippen molar-refractivity contribution < 1.29 is 9.53 Å². The SMILES string of the molecule is CCCCCCCCCOC(=O)CCCCCCCN(CCCCCCCC)c1c(C)c(=O)c1=O. The standard InChI is InChI=1S/C30H53NO4/c1-4-6-8-10-12-17-21-25-35-27(32)22-18-14-13-16-20-24-31(23-19-15-11-9-7-5-2)28-26(3)29(33)30(28)34/h4-25H2,1-3H3. The molecule has 0 atom stereocenters. The van der Waals surface area contributed by atoms with Crippen molar-refractivity contribution in [3.05, 3.63) is 26.0 Å². The van der Waals surface area contributed by atoms with Crippen LogP contribution in [0.2, 0.25) is 0 Å². The Balaban J connectivity index is 2.12. The first-order valence-electron chi connectivity index (χ1n) is 14.7. The highest BCUT2D eigenvalue weighted by atomic mass is 16.5. The summed E-state index contributed by atoms with van der Waals surface area (Å²) in [5, 5.41) is 0. The minimum absolute atomic E-state index is 0.0586. The highest BCUT2D eigenvalue weighted by molar-refractivity contribution is 5.69. The molecule has 1 aromatic carbocycles. The molecule has 0 radical (unpaired) electrons. The van der Waals surface area contributed by atoms with E-state index in [1.165, 1.54) is 64.2 Å². The molecule has 5 heteroatoms. The first kappa shape index (κ1) is 31.4. The van der Waals surface area contributed by atoms with Crippen LogP contribution in [0.5, 0.6) is 0 Å². The van der Waals surface area contributed by atoms with Crippen molar-refractivity contribution >= 4 is 11.7 Å². The van der Waals surface area contributed by atoms with Gasteiger partial charge in [0, 0.05) is 25.1 Å².